The molecule has 49 heavy (non-hydrogen) atoms. The molecule has 0 unspecified atom stereocenters. The number of carbonyl (C=O) groups excluding carboxylic acids is 3. The Labute approximate surface area is 291 Å². The highest BCUT2D eigenvalue weighted by Crippen LogP contribution is 2.18. The third-order valence-corrected chi connectivity index (χ3v) is 5.00. The van der Waals surface area contributed by atoms with Crippen molar-refractivity contribution in [2.75, 3.05) is 45.9 Å². The second-order valence-corrected chi connectivity index (χ2v) is 11.6. The van der Waals surface area contributed by atoms with Crippen molar-refractivity contribution in [1.82, 2.24) is 15.5 Å². The van der Waals surface area contributed by atoms with Crippen LogP contribution in [0.3, 0.4) is 0 Å². The molecule has 2 rings (SSSR count). The fourth-order valence-corrected chi connectivity index (χ4v) is 2.94. The number of anilines is 1. The van der Waals surface area contributed by atoms with E-state index in [1.54, 1.807) is 39.8 Å². The predicted molar refractivity (Wildman–Crippen MR) is 193 cm³/mol. The molecule has 4 N–H and O–H groups in total. The Balaban J connectivity index is 0. The number of methoxy groups -OCH3 is 1. The van der Waals surface area contributed by atoms with Gasteiger partial charge < -0.3 is 40.0 Å². The number of aliphatic hydroxyl groups excluding tert-OH is 1. The summed E-state index contributed by atoms with van der Waals surface area (Å²) in [5.74, 6) is 0.0405. The summed E-state index contributed by atoms with van der Waals surface area (Å²) in [7, 11) is 3.38. The summed E-state index contributed by atoms with van der Waals surface area (Å²) >= 11 is 0. The Bertz CT molecular complexity index is 1200. The number of benzene rings is 2. The number of rotatable bonds is 13. The zero-order valence-electron chi connectivity index (χ0n) is 30.7. The number of nitrogens with one attached hydrogen (secondary N) is 3. The third-order valence-electron chi connectivity index (χ3n) is 5.00. The second kappa shape index (κ2) is 28.5. The normalized spacial score (nSPS) is 10.3. The molecule has 0 aliphatic rings. The van der Waals surface area contributed by atoms with Crippen molar-refractivity contribution in [3.05, 3.63) is 71.3 Å². The van der Waals surface area contributed by atoms with Gasteiger partial charge in [0.2, 0.25) is 5.91 Å². The van der Waals surface area contributed by atoms with Gasteiger partial charge in [-0.25, -0.2) is 9.59 Å². The summed E-state index contributed by atoms with van der Waals surface area (Å²) in [4.78, 5) is 45.2. The summed E-state index contributed by atoms with van der Waals surface area (Å²) in [6.45, 7) is 16.2. The highest BCUT2D eigenvalue weighted by Gasteiger charge is 2.16. The van der Waals surface area contributed by atoms with Gasteiger partial charge in [-0.15, -0.1) is 4.91 Å². The molecule has 2 amide bonds. The van der Waals surface area contributed by atoms with Gasteiger partial charge in [-0.3, -0.25) is 9.69 Å². The largest absolute Gasteiger partial charge is 0.513 e. The van der Waals surface area contributed by atoms with Gasteiger partial charge in [0.05, 0.1) is 13.3 Å². The van der Waals surface area contributed by atoms with E-state index in [-0.39, 0.29) is 43.3 Å². The first kappa shape index (κ1) is 46.6. The van der Waals surface area contributed by atoms with Crippen molar-refractivity contribution in [3.8, 4) is 5.75 Å². The van der Waals surface area contributed by atoms with Gasteiger partial charge in [0, 0.05) is 25.4 Å². The molecule has 0 aromatic heterocycles. The number of allylic oxidation sites excluding steroid dienone is 1. The van der Waals surface area contributed by atoms with Gasteiger partial charge in [-0.05, 0) is 102 Å². The average Bonchev–Trinajstić information content (AvgIpc) is 3.04. The van der Waals surface area contributed by atoms with Crippen LogP contribution in [0.5, 0.6) is 5.75 Å². The highest BCUT2D eigenvalue weighted by molar-refractivity contribution is 5.82. The fourth-order valence-electron chi connectivity index (χ4n) is 2.94. The first-order chi connectivity index (χ1) is 23.1. The number of amides is 2. The molecule has 0 heterocycles. The molecule has 0 saturated carbocycles. The van der Waals surface area contributed by atoms with Crippen LogP contribution in [0.25, 0.3) is 0 Å². The van der Waals surface area contributed by atoms with Crippen LogP contribution in [0.4, 0.5) is 21.0 Å². The topological polar surface area (TPSA) is 177 Å². The number of alkyl carbamates (subject to hydrolysis) is 1. The van der Waals surface area contributed by atoms with E-state index in [0.29, 0.717) is 13.2 Å². The van der Waals surface area contributed by atoms with Crippen LogP contribution in [0.1, 0.15) is 67.4 Å². The lowest BCUT2D eigenvalue weighted by Gasteiger charge is -2.19. The van der Waals surface area contributed by atoms with Gasteiger partial charge >= 0.3 is 12.2 Å². The quantitative estimate of drug-likeness (QED) is 0.0760. The zero-order chi connectivity index (χ0) is 37.7. The lowest BCUT2D eigenvalue weighted by Crippen LogP contribution is -2.41. The first-order valence-electron chi connectivity index (χ1n) is 15.9. The second-order valence-electron chi connectivity index (χ2n) is 11.6. The van der Waals surface area contributed by atoms with E-state index in [4.69, 9.17) is 24.1 Å². The van der Waals surface area contributed by atoms with Crippen molar-refractivity contribution >= 4 is 29.5 Å². The van der Waals surface area contributed by atoms with E-state index >= 15 is 0 Å². The molecule has 14 nitrogen and oxygen atoms in total. The molecule has 0 radical (unpaired) electrons. The molecule has 0 atom stereocenters. The van der Waals surface area contributed by atoms with E-state index in [1.165, 1.54) is 36.2 Å². The summed E-state index contributed by atoms with van der Waals surface area (Å²) in [5.41, 5.74) is 1.99. The zero-order valence-corrected chi connectivity index (χ0v) is 30.7. The summed E-state index contributed by atoms with van der Waals surface area (Å²) < 4.78 is 19.6. The Kier molecular flexibility index (Phi) is 27.1. The van der Waals surface area contributed by atoms with Crippen LogP contribution in [0.15, 0.2) is 66.0 Å². The monoisotopic (exact) mass is 691 g/mol. The third kappa shape index (κ3) is 29.3. The molecule has 276 valence electrons. The smallest absolute Gasteiger partial charge is 0.444 e. The summed E-state index contributed by atoms with van der Waals surface area (Å²) in [5, 5.41) is 19.6. The number of hydrogen-bond acceptors (Lipinski definition) is 12. The Morgan fingerprint density at radius 1 is 1.02 bits per heavy atom. The van der Waals surface area contributed by atoms with Crippen molar-refractivity contribution in [1.29, 1.82) is 0 Å². The predicted octanol–water partition coefficient (Wildman–Crippen LogP) is 6.71. The average molecular weight is 692 g/mol. The van der Waals surface area contributed by atoms with E-state index in [1.807, 2.05) is 45.2 Å². The SMILES string of the molecule is CC(C)NC(=O)CNC(=O)OC(C)(C)C.CC=CNc1ccc(COC)cc1.CCC.CN(CO)CCOC(=O)Oc1ccc(N=O)cc1. The van der Waals surface area contributed by atoms with Crippen LogP contribution in [-0.2, 0) is 25.6 Å². The molecule has 0 bridgehead atoms. The van der Waals surface area contributed by atoms with Crippen molar-refractivity contribution < 1.29 is 38.4 Å². The molecule has 2 aromatic carbocycles. The van der Waals surface area contributed by atoms with Crippen molar-refractivity contribution in [2.45, 2.75) is 80.1 Å². The maximum Gasteiger partial charge on any atom is 0.513 e. The van der Waals surface area contributed by atoms with Crippen molar-refractivity contribution in [3.63, 3.8) is 0 Å². The van der Waals surface area contributed by atoms with Gasteiger partial charge in [0.15, 0.2) is 0 Å². The van der Waals surface area contributed by atoms with Gasteiger partial charge in [-0.1, -0.05) is 38.5 Å². The number of nitrogens with zero attached hydrogens (tertiary/aromatic N) is 2. The van der Waals surface area contributed by atoms with Gasteiger partial charge in [-0.2, -0.15) is 0 Å². The molecule has 0 fully saturated rings. The highest BCUT2D eigenvalue weighted by atomic mass is 16.7. The molecule has 0 spiro atoms. The van der Waals surface area contributed by atoms with Crippen LogP contribution >= 0.6 is 0 Å². The number of nitroso groups, excluding NO2 is 1. The molecule has 2 aromatic rings. The Hall–Kier alpha value is -4.53. The van der Waals surface area contributed by atoms with E-state index in [2.05, 4.69) is 47.1 Å². The minimum atomic E-state index is -0.840. The molecule has 0 saturated heterocycles. The lowest BCUT2D eigenvalue weighted by molar-refractivity contribution is -0.120. The number of likely N-dealkylation sites (N-methyl/N-ethyl adjacent to an activating group) is 1. The Morgan fingerprint density at radius 2 is 1.61 bits per heavy atom. The number of ether oxygens (including phenoxy) is 4. The van der Waals surface area contributed by atoms with Gasteiger partial charge in [0.1, 0.15) is 30.2 Å². The number of carbonyl (C=O) groups is 3. The van der Waals surface area contributed by atoms with Crippen LogP contribution < -0.4 is 20.7 Å². The molecule has 0 aliphatic heterocycles. The number of aliphatic hydroxyl groups is 1. The minimum Gasteiger partial charge on any atom is -0.444 e. The first-order valence-corrected chi connectivity index (χ1v) is 15.9. The van der Waals surface area contributed by atoms with E-state index < -0.39 is 17.8 Å². The maximum atomic E-state index is 11.2. The standard InChI is InChI=1S/C11H14N2O5.C11H15NO.C10H20N2O3.C3H8/c1-13(8-14)6-7-17-11(15)18-10-4-2-9(12-16)3-5-10;1-3-8-12-11-6-4-10(5-7-11)9-13-2;1-7(2)12-8(13)6-11-9(14)15-10(3,4)5;1-3-2/h2-5,14H,6-8H2,1H3;3-8,12H,9H2,1-2H3;7H,6H2,1-5H3,(H,11,14)(H,12,13);3H2,1-2H3. The molecular formula is C35H57N5O9. The van der Waals surface area contributed by atoms with E-state index in [9.17, 15) is 19.3 Å². The number of hydrogen-bond donors (Lipinski definition) is 4. The molecular weight excluding hydrogens is 634 g/mol. The lowest BCUT2D eigenvalue weighted by atomic mass is 10.2. The molecule has 14 heteroatoms. The maximum absolute atomic E-state index is 11.2. The van der Waals surface area contributed by atoms with Crippen LogP contribution in [0, 0.1) is 4.91 Å². The van der Waals surface area contributed by atoms with Crippen LogP contribution in [0.2, 0.25) is 0 Å². The van der Waals surface area contributed by atoms with Crippen molar-refractivity contribution in [2.24, 2.45) is 5.18 Å². The summed E-state index contributed by atoms with van der Waals surface area (Å²) in [6.07, 6.45) is 3.70. The minimum absolute atomic E-state index is 0.0624. The van der Waals surface area contributed by atoms with Crippen LogP contribution in [-0.4, -0.2) is 80.4 Å². The fraction of sp³-hybridized carbons (Fsp3) is 0.514. The van der Waals surface area contributed by atoms with Gasteiger partial charge in [0.25, 0.3) is 0 Å². The Morgan fingerprint density at radius 3 is 2.08 bits per heavy atom. The summed E-state index contributed by atoms with van der Waals surface area (Å²) in [6, 6.07) is 14.0. The molecule has 0 aliphatic carbocycles. The van der Waals surface area contributed by atoms with E-state index in [0.717, 1.165) is 5.69 Å².